The van der Waals surface area contributed by atoms with Crippen LogP contribution < -0.4 is 5.32 Å². The summed E-state index contributed by atoms with van der Waals surface area (Å²) in [6.07, 6.45) is 5.03. The fraction of sp³-hybridized carbons (Fsp3) is 0.400. The second-order valence-electron chi connectivity index (χ2n) is 5.19. The third-order valence-corrected chi connectivity index (χ3v) is 3.69. The van der Waals surface area contributed by atoms with E-state index in [0.29, 0.717) is 6.04 Å². The van der Waals surface area contributed by atoms with Gasteiger partial charge in [-0.1, -0.05) is 12.1 Å². The van der Waals surface area contributed by atoms with Crippen molar-refractivity contribution in [2.75, 3.05) is 20.1 Å². The number of benzene rings is 1. The molecule has 1 saturated heterocycles. The highest BCUT2D eigenvalue weighted by Crippen LogP contribution is 2.15. The molecule has 2 aromatic rings. The summed E-state index contributed by atoms with van der Waals surface area (Å²) >= 11 is 0. The third-order valence-electron chi connectivity index (χ3n) is 3.69. The van der Waals surface area contributed by atoms with E-state index in [1.54, 1.807) is 0 Å². The molecule has 94 valence electrons. The number of fused-ring (bicyclic) bond motifs is 1. The summed E-state index contributed by atoms with van der Waals surface area (Å²) in [6.45, 7) is 3.33. The number of nitrogens with zero attached hydrogens (tertiary/aromatic N) is 2. The molecule has 1 fully saturated rings. The van der Waals surface area contributed by atoms with Gasteiger partial charge in [-0.15, -0.1) is 0 Å². The van der Waals surface area contributed by atoms with E-state index in [9.17, 15) is 0 Å². The number of likely N-dealkylation sites (tertiary alicyclic amines) is 1. The number of hydrogen-bond donors (Lipinski definition) is 1. The highest BCUT2D eigenvalue weighted by atomic mass is 15.2. The molecule has 0 spiro atoms. The first-order chi connectivity index (χ1) is 8.81. The Bertz CT molecular complexity index is 538. The molecule has 1 N–H and O–H groups in total. The van der Waals surface area contributed by atoms with E-state index in [4.69, 9.17) is 0 Å². The Kier molecular flexibility index (Phi) is 3.26. The largest absolute Gasteiger partial charge is 0.309 e. The fourth-order valence-corrected chi connectivity index (χ4v) is 2.61. The quantitative estimate of drug-likeness (QED) is 0.891. The van der Waals surface area contributed by atoms with Gasteiger partial charge in [-0.05, 0) is 43.1 Å². The second kappa shape index (κ2) is 5.04. The molecule has 2 heterocycles. The first kappa shape index (κ1) is 11.6. The molecule has 3 heteroatoms. The molecule has 0 bridgehead atoms. The van der Waals surface area contributed by atoms with Crippen molar-refractivity contribution >= 4 is 10.8 Å². The molecule has 1 unspecified atom stereocenters. The number of aromatic nitrogens is 1. The van der Waals surface area contributed by atoms with Crippen LogP contribution >= 0.6 is 0 Å². The third kappa shape index (κ3) is 2.52. The van der Waals surface area contributed by atoms with E-state index in [-0.39, 0.29) is 0 Å². The summed E-state index contributed by atoms with van der Waals surface area (Å²) in [5, 5.41) is 6.12. The van der Waals surface area contributed by atoms with Gasteiger partial charge in [0.15, 0.2) is 0 Å². The van der Waals surface area contributed by atoms with Crippen LogP contribution in [-0.2, 0) is 6.54 Å². The average Bonchev–Trinajstić information content (AvgIpc) is 2.82. The van der Waals surface area contributed by atoms with E-state index >= 15 is 0 Å². The monoisotopic (exact) mass is 241 g/mol. The van der Waals surface area contributed by atoms with Gasteiger partial charge >= 0.3 is 0 Å². The number of likely N-dealkylation sites (N-methyl/N-ethyl adjacent to an activating group) is 1. The summed E-state index contributed by atoms with van der Waals surface area (Å²) in [6, 6.07) is 9.31. The Morgan fingerprint density at radius 1 is 1.33 bits per heavy atom. The molecule has 1 aromatic heterocycles. The predicted octanol–water partition coefficient (Wildman–Crippen LogP) is 2.03. The Morgan fingerprint density at radius 3 is 3.11 bits per heavy atom. The molecule has 3 nitrogen and oxygen atoms in total. The number of rotatable bonds is 3. The molecule has 0 saturated carbocycles. The van der Waals surface area contributed by atoms with Gasteiger partial charge in [0.25, 0.3) is 0 Å². The molecule has 0 radical (unpaired) electrons. The van der Waals surface area contributed by atoms with Crippen LogP contribution in [0.5, 0.6) is 0 Å². The molecule has 18 heavy (non-hydrogen) atoms. The van der Waals surface area contributed by atoms with Gasteiger partial charge in [0.05, 0.1) is 0 Å². The lowest BCUT2D eigenvalue weighted by Crippen LogP contribution is -2.30. The van der Waals surface area contributed by atoms with Crippen LogP contribution in [0.3, 0.4) is 0 Å². The Morgan fingerprint density at radius 2 is 2.28 bits per heavy atom. The molecule has 1 aromatic carbocycles. The van der Waals surface area contributed by atoms with E-state index < -0.39 is 0 Å². The van der Waals surface area contributed by atoms with E-state index in [2.05, 4.69) is 46.5 Å². The zero-order valence-electron chi connectivity index (χ0n) is 10.8. The second-order valence-corrected chi connectivity index (χ2v) is 5.19. The van der Waals surface area contributed by atoms with Crippen LogP contribution in [0.1, 0.15) is 12.0 Å². The summed E-state index contributed by atoms with van der Waals surface area (Å²) in [5.41, 5.74) is 1.35. The van der Waals surface area contributed by atoms with Crippen LogP contribution in [0.2, 0.25) is 0 Å². The number of nitrogens with one attached hydrogen (secondary N) is 1. The lowest BCUT2D eigenvalue weighted by atomic mass is 10.1. The van der Waals surface area contributed by atoms with E-state index in [1.807, 2.05) is 12.4 Å². The predicted molar refractivity (Wildman–Crippen MR) is 74.5 cm³/mol. The van der Waals surface area contributed by atoms with Crippen LogP contribution in [0.4, 0.5) is 0 Å². The van der Waals surface area contributed by atoms with Gasteiger partial charge in [-0.3, -0.25) is 4.98 Å². The average molecular weight is 241 g/mol. The fourth-order valence-electron chi connectivity index (χ4n) is 2.61. The minimum atomic E-state index is 0.642. The van der Waals surface area contributed by atoms with Crippen molar-refractivity contribution in [2.24, 2.45) is 0 Å². The van der Waals surface area contributed by atoms with Crippen LogP contribution in [-0.4, -0.2) is 36.1 Å². The van der Waals surface area contributed by atoms with Crippen molar-refractivity contribution < 1.29 is 0 Å². The standard InChI is InChI=1S/C15H19N3/c1-18-7-5-15(11-18)17-9-12-2-3-14-10-16-6-4-13(14)8-12/h2-4,6,8,10,15,17H,5,7,9,11H2,1H3. The maximum Gasteiger partial charge on any atom is 0.0346 e. The van der Waals surface area contributed by atoms with Gasteiger partial charge in [0, 0.05) is 36.9 Å². The molecule has 0 amide bonds. The molecule has 1 aliphatic rings. The summed E-state index contributed by atoms with van der Waals surface area (Å²) in [4.78, 5) is 6.52. The zero-order valence-corrected chi connectivity index (χ0v) is 10.8. The lowest BCUT2D eigenvalue weighted by Gasteiger charge is -2.13. The van der Waals surface area contributed by atoms with Gasteiger partial charge in [0.1, 0.15) is 0 Å². The maximum absolute atomic E-state index is 4.14. The van der Waals surface area contributed by atoms with E-state index in [1.165, 1.54) is 29.3 Å². The topological polar surface area (TPSA) is 28.2 Å². The maximum atomic E-state index is 4.14. The van der Waals surface area contributed by atoms with Gasteiger partial charge in [-0.25, -0.2) is 0 Å². The summed E-state index contributed by atoms with van der Waals surface area (Å²) < 4.78 is 0. The van der Waals surface area contributed by atoms with Crippen molar-refractivity contribution in [1.82, 2.24) is 15.2 Å². The molecular formula is C15H19N3. The molecular weight excluding hydrogens is 222 g/mol. The van der Waals surface area contributed by atoms with Gasteiger partial charge in [-0.2, -0.15) is 0 Å². The number of hydrogen-bond acceptors (Lipinski definition) is 3. The van der Waals surface area contributed by atoms with Crippen molar-refractivity contribution in [3.63, 3.8) is 0 Å². The molecule has 0 aliphatic carbocycles. The minimum Gasteiger partial charge on any atom is -0.309 e. The lowest BCUT2D eigenvalue weighted by molar-refractivity contribution is 0.398. The number of pyridine rings is 1. The minimum absolute atomic E-state index is 0.642. The SMILES string of the molecule is CN1CCC(NCc2ccc3cnccc3c2)C1. The van der Waals surface area contributed by atoms with Gasteiger partial charge in [0.2, 0.25) is 0 Å². The molecule has 1 aliphatic heterocycles. The molecule has 3 rings (SSSR count). The normalized spacial score (nSPS) is 20.6. The summed E-state index contributed by atoms with van der Waals surface area (Å²) in [5.74, 6) is 0. The van der Waals surface area contributed by atoms with Crippen LogP contribution in [0.15, 0.2) is 36.7 Å². The first-order valence-corrected chi connectivity index (χ1v) is 6.56. The van der Waals surface area contributed by atoms with Crippen molar-refractivity contribution in [3.05, 3.63) is 42.2 Å². The Balaban J connectivity index is 1.67. The van der Waals surface area contributed by atoms with Crippen LogP contribution in [0.25, 0.3) is 10.8 Å². The smallest absolute Gasteiger partial charge is 0.0346 e. The zero-order chi connectivity index (χ0) is 12.4. The van der Waals surface area contributed by atoms with Gasteiger partial charge < -0.3 is 10.2 Å². The summed E-state index contributed by atoms with van der Waals surface area (Å²) in [7, 11) is 2.19. The Labute approximate surface area is 108 Å². The van der Waals surface area contributed by atoms with Crippen molar-refractivity contribution in [2.45, 2.75) is 19.0 Å². The highest BCUT2D eigenvalue weighted by molar-refractivity contribution is 5.81. The first-order valence-electron chi connectivity index (χ1n) is 6.56. The Hall–Kier alpha value is -1.45. The van der Waals surface area contributed by atoms with E-state index in [0.717, 1.165) is 13.1 Å². The van der Waals surface area contributed by atoms with Crippen molar-refractivity contribution in [3.8, 4) is 0 Å². The highest BCUT2D eigenvalue weighted by Gasteiger charge is 2.18. The van der Waals surface area contributed by atoms with Crippen molar-refractivity contribution in [1.29, 1.82) is 0 Å². The van der Waals surface area contributed by atoms with Crippen LogP contribution in [0, 0.1) is 0 Å². The molecule has 1 atom stereocenters.